The molecular formula is C50H95NO4Si. The number of aliphatic hydroxyl groups excluding tert-OH is 1. The van der Waals surface area contributed by atoms with Crippen molar-refractivity contribution in [3.05, 3.63) is 48.6 Å². The maximum absolute atomic E-state index is 9.39. The molecule has 6 heteroatoms. The fraction of sp³-hybridized carbons (Fsp3) is 0.840. The Kier molecular flexibility index (Phi) is 38.6. The molecule has 56 heavy (non-hydrogen) atoms. The number of ether oxygens (including phenoxy) is 1. The molecule has 1 saturated heterocycles. The molecule has 0 bridgehead atoms. The van der Waals surface area contributed by atoms with Crippen LogP contribution in [0.1, 0.15) is 206 Å². The van der Waals surface area contributed by atoms with E-state index in [1.165, 1.54) is 148 Å². The summed E-state index contributed by atoms with van der Waals surface area (Å²) in [5.74, 6) is 0.527. The molecule has 0 spiro atoms. The van der Waals surface area contributed by atoms with Crippen molar-refractivity contribution >= 4 is 8.56 Å². The minimum atomic E-state index is -2.27. The Morgan fingerprint density at radius 1 is 0.554 bits per heavy atom. The number of aliphatic hydroxyl groups is 1. The van der Waals surface area contributed by atoms with Gasteiger partial charge in [0.05, 0.1) is 0 Å². The molecular weight excluding hydrogens is 707 g/mol. The third-order valence-corrected chi connectivity index (χ3v) is 13.0. The molecule has 1 heterocycles. The molecule has 0 aliphatic carbocycles. The highest BCUT2D eigenvalue weighted by atomic mass is 28.4. The minimum Gasteiger partial charge on any atom is -0.396 e. The largest absolute Gasteiger partial charge is 0.396 e. The van der Waals surface area contributed by atoms with Crippen molar-refractivity contribution in [2.75, 3.05) is 39.5 Å². The summed E-state index contributed by atoms with van der Waals surface area (Å²) in [4.78, 5) is 2.58. The van der Waals surface area contributed by atoms with E-state index in [9.17, 15) is 5.11 Å². The van der Waals surface area contributed by atoms with Gasteiger partial charge in [-0.25, -0.2) is 0 Å². The highest BCUT2D eigenvalue weighted by Crippen LogP contribution is 2.20. The number of unbranched alkanes of at least 4 members (excludes halogenated alkanes) is 20. The van der Waals surface area contributed by atoms with Crippen molar-refractivity contribution in [1.82, 2.24) is 4.90 Å². The van der Waals surface area contributed by atoms with Gasteiger partial charge in [0.15, 0.2) is 0 Å². The van der Waals surface area contributed by atoms with Gasteiger partial charge in [-0.2, -0.15) is 0 Å². The molecule has 0 amide bonds. The summed E-state index contributed by atoms with van der Waals surface area (Å²) in [5, 5.41) is 9.39. The zero-order valence-corrected chi connectivity index (χ0v) is 38.8. The SMILES string of the molecule is CCCCC/C=C\C/C=C\CCCCCCCCOC(CCCCCCC/C=C\C/C=C\CCCCC)O[Si](C)(C)OCCCCCCN1CCC(CO)CC1. The second kappa shape index (κ2) is 40.7. The molecule has 1 fully saturated rings. The van der Waals surface area contributed by atoms with Crippen LogP contribution in [0.5, 0.6) is 0 Å². The highest BCUT2D eigenvalue weighted by Gasteiger charge is 2.29. The zero-order chi connectivity index (χ0) is 40.5. The lowest BCUT2D eigenvalue weighted by Crippen LogP contribution is -2.40. The molecule has 0 aromatic heterocycles. The number of rotatable bonds is 41. The summed E-state index contributed by atoms with van der Waals surface area (Å²) in [7, 11) is -2.27. The molecule has 1 rings (SSSR count). The Hall–Kier alpha value is -1.02. The van der Waals surface area contributed by atoms with Crippen LogP contribution in [-0.4, -0.2) is 64.3 Å². The van der Waals surface area contributed by atoms with E-state index in [4.69, 9.17) is 13.6 Å². The standard InChI is InChI=1S/C50H95NO4Si/c1-5-7-9-11-13-15-17-19-21-23-25-27-29-31-34-38-46-53-50(40-36-32-30-28-26-24-22-20-18-16-14-12-10-8-6-2)55-56(3,4)54-47-39-35-33-37-43-51-44-41-49(48-52)42-45-51/h13-16,19-22,49-50,52H,5-12,17-18,23-48H2,1-4H3/b15-13-,16-14-,21-19-,22-20-. The smallest absolute Gasteiger partial charge is 0.333 e. The molecule has 0 saturated carbocycles. The molecule has 0 aromatic rings. The van der Waals surface area contributed by atoms with Crippen molar-refractivity contribution < 1.29 is 18.7 Å². The van der Waals surface area contributed by atoms with E-state index in [-0.39, 0.29) is 6.29 Å². The molecule has 328 valence electrons. The van der Waals surface area contributed by atoms with E-state index in [1.807, 2.05) is 0 Å². The average molecular weight is 802 g/mol. The van der Waals surface area contributed by atoms with E-state index >= 15 is 0 Å². The third-order valence-electron chi connectivity index (χ3n) is 11.2. The Morgan fingerprint density at radius 3 is 1.52 bits per heavy atom. The molecule has 0 aromatic carbocycles. The molecule has 1 N–H and O–H groups in total. The van der Waals surface area contributed by atoms with E-state index in [1.54, 1.807) is 0 Å². The minimum absolute atomic E-state index is 0.137. The molecule has 1 atom stereocenters. The van der Waals surface area contributed by atoms with Gasteiger partial charge in [-0.3, -0.25) is 0 Å². The summed E-state index contributed by atoms with van der Waals surface area (Å²) in [5.41, 5.74) is 0. The Labute approximate surface area is 350 Å². The third kappa shape index (κ3) is 36.1. The number of hydrogen-bond donors (Lipinski definition) is 1. The molecule has 1 aliphatic rings. The summed E-state index contributed by atoms with van der Waals surface area (Å²) in [6.45, 7) is 14.4. The lowest BCUT2D eigenvalue weighted by molar-refractivity contribution is -0.104. The molecule has 1 aliphatic heterocycles. The van der Waals surface area contributed by atoms with Gasteiger partial charge in [-0.05, 0) is 148 Å². The molecule has 1 unspecified atom stereocenters. The van der Waals surface area contributed by atoms with Crippen LogP contribution in [-0.2, 0) is 13.6 Å². The lowest BCUT2D eigenvalue weighted by Gasteiger charge is -2.31. The van der Waals surface area contributed by atoms with Gasteiger partial charge in [0, 0.05) is 19.8 Å². The van der Waals surface area contributed by atoms with Crippen LogP contribution in [0.4, 0.5) is 0 Å². The fourth-order valence-electron chi connectivity index (χ4n) is 7.46. The van der Waals surface area contributed by atoms with Crippen LogP contribution in [0, 0.1) is 5.92 Å². The van der Waals surface area contributed by atoms with Gasteiger partial charge >= 0.3 is 8.56 Å². The first-order valence-corrected chi connectivity index (χ1v) is 27.2. The first kappa shape index (κ1) is 53.0. The second-order valence-electron chi connectivity index (χ2n) is 17.2. The number of likely N-dealkylation sites (tertiary alicyclic amines) is 1. The van der Waals surface area contributed by atoms with Gasteiger partial charge in [-0.15, -0.1) is 0 Å². The normalized spacial score (nSPS) is 15.5. The number of piperidine rings is 1. The van der Waals surface area contributed by atoms with Gasteiger partial charge in [0.1, 0.15) is 6.29 Å². The van der Waals surface area contributed by atoms with Gasteiger partial charge in [0.25, 0.3) is 0 Å². The van der Waals surface area contributed by atoms with Crippen LogP contribution in [0.25, 0.3) is 0 Å². The van der Waals surface area contributed by atoms with E-state index < -0.39 is 8.56 Å². The summed E-state index contributed by atoms with van der Waals surface area (Å²) < 4.78 is 19.5. The maximum Gasteiger partial charge on any atom is 0.333 e. The van der Waals surface area contributed by atoms with Crippen LogP contribution in [0.15, 0.2) is 48.6 Å². The second-order valence-corrected chi connectivity index (χ2v) is 20.5. The van der Waals surface area contributed by atoms with Gasteiger partial charge in [0.2, 0.25) is 0 Å². The van der Waals surface area contributed by atoms with Gasteiger partial charge in [-0.1, -0.05) is 146 Å². The maximum atomic E-state index is 9.39. The predicted molar refractivity (Wildman–Crippen MR) is 248 cm³/mol. The summed E-state index contributed by atoms with van der Waals surface area (Å²) >= 11 is 0. The van der Waals surface area contributed by atoms with Crippen LogP contribution in [0.3, 0.4) is 0 Å². The Balaban J connectivity index is 2.27. The number of allylic oxidation sites excluding steroid dienone is 8. The summed E-state index contributed by atoms with van der Waals surface area (Å²) in [6, 6.07) is 0. The zero-order valence-electron chi connectivity index (χ0n) is 37.8. The Bertz CT molecular complexity index is 926. The van der Waals surface area contributed by atoms with E-state index in [0.717, 1.165) is 77.7 Å². The van der Waals surface area contributed by atoms with Crippen LogP contribution in [0.2, 0.25) is 13.1 Å². The van der Waals surface area contributed by atoms with E-state index in [0.29, 0.717) is 12.5 Å². The fourth-order valence-corrected chi connectivity index (χ4v) is 8.98. The first-order valence-electron chi connectivity index (χ1n) is 24.4. The van der Waals surface area contributed by atoms with Crippen molar-refractivity contribution in [1.29, 1.82) is 0 Å². The quantitative estimate of drug-likeness (QED) is 0.0289. The highest BCUT2D eigenvalue weighted by molar-refractivity contribution is 6.64. The van der Waals surface area contributed by atoms with Crippen LogP contribution < -0.4 is 0 Å². The van der Waals surface area contributed by atoms with Crippen molar-refractivity contribution in [2.45, 2.75) is 226 Å². The van der Waals surface area contributed by atoms with E-state index in [2.05, 4.69) is 80.4 Å². The average Bonchev–Trinajstić information content (AvgIpc) is 3.20. The molecule has 5 nitrogen and oxygen atoms in total. The Morgan fingerprint density at radius 2 is 1.00 bits per heavy atom. The molecule has 0 radical (unpaired) electrons. The van der Waals surface area contributed by atoms with Crippen molar-refractivity contribution in [3.8, 4) is 0 Å². The van der Waals surface area contributed by atoms with Gasteiger partial charge < -0.3 is 23.6 Å². The van der Waals surface area contributed by atoms with Crippen molar-refractivity contribution in [2.24, 2.45) is 5.92 Å². The monoisotopic (exact) mass is 802 g/mol. The predicted octanol–water partition coefficient (Wildman–Crippen LogP) is 15.0. The van der Waals surface area contributed by atoms with Crippen molar-refractivity contribution in [3.63, 3.8) is 0 Å². The summed E-state index contributed by atoms with van der Waals surface area (Å²) in [6.07, 6.45) is 55.7. The first-order chi connectivity index (χ1) is 27.5. The lowest BCUT2D eigenvalue weighted by atomic mass is 9.98. The number of nitrogens with zero attached hydrogens (tertiary/aromatic N) is 1. The van der Waals surface area contributed by atoms with Crippen LogP contribution >= 0.6 is 0 Å². The number of hydrogen-bond acceptors (Lipinski definition) is 5. The topological polar surface area (TPSA) is 51.2 Å².